The van der Waals surface area contributed by atoms with Crippen molar-refractivity contribution in [2.45, 2.75) is 38.5 Å². The zero-order valence-electron chi connectivity index (χ0n) is 23.7. The van der Waals surface area contributed by atoms with E-state index in [1.165, 1.54) is 5.69 Å². The van der Waals surface area contributed by atoms with E-state index in [9.17, 15) is 9.90 Å². The van der Waals surface area contributed by atoms with Gasteiger partial charge in [-0.2, -0.15) is 4.98 Å². The topological polar surface area (TPSA) is 114 Å². The lowest BCUT2D eigenvalue weighted by molar-refractivity contribution is 0.0443. The third kappa shape index (κ3) is 5.35. The van der Waals surface area contributed by atoms with E-state index in [1.54, 1.807) is 29.6 Å². The van der Waals surface area contributed by atoms with Crippen LogP contribution in [0.15, 0.2) is 59.5 Å². The highest BCUT2D eigenvalue weighted by molar-refractivity contribution is 5.77. The van der Waals surface area contributed by atoms with Crippen LogP contribution in [-0.2, 0) is 23.5 Å². The number of benzene rings is 1. The molecule has 2 aliphatic rings. The number of piperazine rings is 1. The van der Waals surface area contributed by atoms with Gasteiger partial charge in [-0.05, 0) is 57.1 Å². The van der Waals surface area contributed by atoms with Crippen molar-refractivity contribution < 1.29 is 9.84 Å². The van der Waals surface area contributed by atoms with Crippen molar-refractivity contribution in [3.63, 3.8) is 0 Å². The number of rotatable bonds is 5. The molecule has 6 rings (SSSR count). The Morgan fingerprint density at radius 1 is 1.10 bits per heavy atom. The van der Waals surface area contributed by atoms with Crippen LogP contribution in [0.4, 0.5) is 17.3 Å². The molecule has 1 unspecified atom stereocenters. The molecule has 1 aromatic carbocycles. The number of methoxy groups -OCH3 is 1. The fourth-order valence-electron chi connectivity index (χ4n) is 5.53. The van der Waals surface area contributed by atoms with Gasteiger partial charge in [0.1, 0.15) is 11.0 Å². The van der Waals surface area contributed by atoms with E-state index in [-0.39, 0.29) is 5.56 Å². The first kappa shape index (κ1) is 27.1. The van der Waals surface area contributed by atoms with E-state index in [4.69, 9.17) is 14.7 Å². The van der Waals surface area contributed by atoms with E-state index in [2.05, 4.69) is 39.3 Å². The summed E-state index contributed by atoms with van der Waals surface area (Å²) >= 11 is 0. The van der Waals surface area contributed by atoms with Gasteiger partial charge in [-0.15, -0.1) is 0 Å². The Balaban J connectivity index is 1.39. The number of anilines is 3. The molecule has 4 aromatic rings. The molecular formula is C30H36N8O3. The van der Waals surface area contributed by atoms with Gasteiger partial charge >= 0.3 is 0 Å². The molecule has 1 atom stereocenters. The van der Waals surface area contributed by atoms with E-state index in [1.807, 2.05) is 36.4 Å². The highest BCUT2D eigenvalue weighted by Crippen LogP contribution is 2.29. The molecule has 2 aliphatic heterocycles. The Morgan fingerprint density at radius 2 is 1.93 bits per heavy atom. The molecule has 0 radical (unpaired) electrons. The number of allylic oxidation sites excluding steroid dienone is 2. The summed E-state index contributed by atoms with van der Waals surface area (Å²) in [4.78, 5) is 32.2. The van der Waals surface area contributed by atoms with Crippen LogP contribution in [0.5, 0.6) is 0 Å². The number of pyridine rings is 1. The third-order valence-corrected chi connectivity index (χ3v) is 7.90. The van der Waals surface area contributed by atoms with E-state index in [0.717, 1.165) is 37.4 Å². The smallest absolute Gasteiger partial charge is 0.278 e. The number of likely N-dealkylation sites (N-methyl/N-ethyl adjacent to an activating group) is 1. The summed E-state index contributed by atoms with van der Waals surface area (Å²) in [6.07, 6.45) is 6.68. The minimum absolute atomic E-state index is 0.201. The van der Waals surface area contributed by atoms with Gasteiger partial charge in [0.05, 0.1) is 18.8 Å². The molecule has 2 bridgehead atoms. The minimum Gasteiger partial charge on any atom is -0.384 e. The second kappa shape index (κ2) is 11.1. The zero-order valence-corrected chi connectivity index (χ0v) is 23.7. The molecule has 0 aliphatic carbocycles. The van der Waals surface area contributed by atoms with Crippen LogP contribution in [0, 0.1) is 0 Å². The van der Waals surface area contributed by atoms with Crippen molar-refractivity contribution in [3.05, 3.63) is 76.4 Å². The summed E-state index contributed by atoms with van der Waals surface area (Å²) in [7, 11) is 3.85. The molecule has 11 nitrogen and oxygen atoms in total. The van der Waals surface area contributed by atoms with Crippen molar-refractivity contribution in [1.29, 1.82) is 0 Å². The Kier molecular flexibility index (Phi) is 7.33. The molecule has 5 heterocycles. The lowest BCUT2D eigenvalue weighted by Crippen LogP contribution is -2.44. The monoisotopic (exact) mass is 556 g/mol. The van der Waals surface area contributed by atoms with Crippen LogP contribution in [0.3, 0.4) is 0 Å². The summed E-state index contributed by atoms with van der Waals surface area (Å²) in [6, 6.07) is 11.7. The molecule has 1 fully saturated rings. The van der Waals surface area contributed by atoms with E-state index < -0.39 is 5.60 Å². The first-order chi connectivity index (χ1) is 19.8. The number of ether oxygens (including phenoxy) is 1. The molecule has 3 aromatic heterocycles. The van der Waals surface area contributed by atoms with Gasteiger partial charge < -0.3 is 25.0 Å². The average molecular weight is 557 g/mol. The Hall–Kier alpha value is -4.06. The first-order valence-electron chi connectivity index (χ1n) is 14.0. The SMILES string of the molecule is COCc1cc(Nc2ncc3c(=O)n4n(c3n2)-c2cccc(n2)C(C)(O)CC/C=C\C4)ccc1N1CCN(C)CC1. The molecule has 0 saturated carbocycles. The zero-order chi connectivity index (χ0) is 28.6. The van der Waals surface area contributed by atoms with Crippen LogP contribution < -0.4 is 15.8 Å². The van der Waals surface area contributed by atoms with Crippen LogP contribution in [-0.4, -0.2) is 74.7 Å². The Labute approximate surface area is 238 Å². The maximum absolute atomic E-state index is 13.4. The fraction of sp³-hybridized carbons (Fsp3) is 0.400. The number of aromatic nitrogens is 5. The van der Waals surface area contributed by atoms with Crippen LogP contribution >= 0.6 is 0 Å². The average Bonchev–Trinajstić information content (AvgIpc) is 3.23. The molecule has 41 heavy (non-hydrogen) atoms. The van der Waals surface area contributed by atoms with Gasteiger partial charge in [0.15, 0.2) is 11.5 Å². The lowest BCUT2D eigenvalue weighted by Gasteiger charge is -2.35. The third-order valence-electron chi connectivity index (χ3n) is 7.90. The van der Waals surface area contributed by atoms with Crippen LogP contribution in [0.1, 0.15) is 31.0 Å². The van der Waals surface area contributed by atoms with Crippen molar-refractivity contribution in [2.75, 3.05) is 50.6 Å². The van der Waals surface area contributed by atoms with Gasteiger partial charge in [-0.3, -0.25) is 4.79 Å². The molecular weight excluding hydrogens is 520 g/mol. The highest BCUT2D eigenvalue weighted by Gasteiger charge is 2.26. The summed E-state index contributed by atoms with van der Waals surface area (Å²) in [5.41, 5.74) is 2.76. The summed E-state index contributed by atoms with van der Waals surface area (Å²) < 4.78 is 8.85. The fourth-order valence-corrected chi connectivity index (χ4v) is 5.53. The molecule has 0 amide bonds. The summed E-state index contributed by atoms with van der Waals surface area (Å²) in [5.74, 6) is 0.871. The maximum atomic E-state index is 13.4. The van der Waals surface area contributed by atoms with Crippen LogP contribution in [0.2, 0.25) is 0 Å². The second-order valence-electron chi connectivity index (χ2n) is 11.0. The Bertz CT molecular complexity index is 1650. The molecule has 11 heteroatoms. The second-order valence-corrected chi connectivity index (χ2v) is 11.0. The molecule has 0 spiro atoms. The van der Waals surface area contributed by atoms with Crippen molar-refractivity contribution in [1.82, 2.24) is 29.2 Å². The standard InChI is InChI=1S/C30H36N8O3/c1-30(40)12-5-4-6-13-37-28(39)23-19-31-29(34-27(23)38(37)26-9-7-8-25(30)33-26)32-22-10-11-24(21(18-22)20-41-3)36-16-14-35(2)15-17-36/h4,6-11,18-19,40H,5,12-17,20H2,1-3H3,(H,31,32,34)/b6-4-. The normalized spacial score (nSPS) is 20.4. The van der Waals surface area contributed by atoms with Crippen LogP contribution in [0.25, 0.3) is 16.9 Å². The predicted octanol–water partition coefficient (Wildman–Crippen LogP) is 3.18. The number of aliphatic hydroxyl groups is 1. The maximum Gasteiger partial charge on any atom is 0.278 e. The van der Waals surface area contributed by atoms with Gasteiger partial charge in [0.2, 0.25) is 5.95 Å². The molecule has 2 N–H and O–H groups in total. The number of nitrogens with one attached hydrogen (secondary N) is 1. The van der Waals surface area contributed by atoms with Crippen molar-refractivity contribution >= 4 is 28.4 Å². The van der Waals surface area contributed by atoms with Gasteiger partial charge in [0.25, 0.3) is 5.56 Å². The van der Waals surface area contributed by atoms with Crippen molar-refractivity contribution in [3.8, 4) is 5.82 Å². The van der Waals surface area contributed by atoms with Crippen molar-refractivity contribution in [2.24, 2.45) is 0 Å². The first-order valence-corrected chi connectivity index (χ1v) is 14.0. The Morgan fingerprint density at radius 3 is 2.73 bits per heavy atom. The summed E-state index contributed by atoms with van der Waals surface area (Å²) in [6.45, 7) is 6.57. The van der Waals surface area contributed by atoms with Gasteiger partial charge in [0, 0.05) is 56.4 Å². The largest absolute Gasteiger partial charge is 0.384 e. The van der Waals surface area contributed by atoms with E-state index >= 15 is 0 Å². The van der Waals surface area contributed by atoms with Gasteiger partial charge in [-0.25, -0.2) is 19.3 Å². The number of nitrogens with zero attached hydrogens (tertiary/aromatic N) is 7. The highest BCUT2D eigenvalue weighted by atomic mass is 16.5. The van der Waals surface area contributed by atoms with Gasteiger partial charge in [-0.1, -0.05) is 18.2 Å². The predicted molar refractivity (Wildman–Crippen MR) is 159 cm³/mol. The lowest BCUT2D eigenvalue weighted by atomic mass is 9.95. The molecule has 1 saturated heterocycles. The summed E-state index contributed by atoms with van der Waals surface area (Å²) in [5, 5.41) is 14.8. The molecule has 214 valence electrons. The number of fused-ring (bicyclic) bond motifs is 6. The van der Waals surface area contributed by atoms with E-state index in [0.29, 0.717) is 54.5 Å². The number of hydrogen-bond acceptors (Lipinski definition) is 9. The quantitative estimate of drug-likeness (QED) is 0.358. The minimum atomic E-state index is -1.10. The number of hydrogen-bond donors (Lipinski definition) is 2.